The third-order valence-electron chi connectivity index (χ3n) is 2.88. The van der Waals surface area contributed by atoms with Gasteiger partial charge in [0.05, 0.1) is 0 Å². The number of benzene rings is 1. The monoisotopic (exact) mass is 283 g/mol. The van der Waals surface area contributed by atoms with Crippen molar-refractivity contribution in [1.82, 2.24) is 0 Å². The van der Waals surface area contributed by atoms with E-state index in [1.165, 1.54) is 29.7 Å². The molecule has 0 aromatic heterocycles. The van der Waals surface area contributed by atoms with Crippen LogP contribution in [0, 0.1) is 6.92 Å². The third-order valence-corrected chi connectivity index (χ3v) is 3.49. The van der Waals surface area contributed by atoms with Gasteiger partial charge in [-0.2, -0.15) is 0 Å². The molecule has 0 amide bonds. The third kappa shape index (κ3) is 3.51. The maximum absolute atomic E-state index is 3.58. The van der Waals surface area contributed by atoms with Crippen LogP contribution in [0.1, 0.15) is 37.8 Å². The molecule has 0 heterocycles. The fourth-order valence-electron chi connectivity index (χ4n) is 1.93. The van der Waals surface area contributed by atoms with Gasteiger partial charge < -0.3 is 4.90 Å². The second kappa shape index (κ2) is 6.95. The lowest BCUT2D eigenvalue weighted by molar-refractivity contribution is 0.730. The average molecular weight is 284 g/mol. The number of alkyl halides is 1. The largest absolute Gasteiger partial charge is 0.372 e. The summed E-state index contributed by atoms with van der Waals surface area (Å²) in [5.74, 6) is 0. The molecule has 1 rings (SSSR count). The van der Waals surface area contributed by atoms with E-state index in [9.17, 15) is 0 Å². The maximum Gasteiger partial charge on any atom is 0.0407 e. The van der Waals surface area contributed by atoms with Crippen molar-refractivity contribution in [3.8, 4) is 0 Å². The molecule has 0 aliphatic carbocycles. The SMILES string of the molecule is CCCCN(CC)c1ccc(C)cc1CBr. The molecule has 2 heteroatoms. The molecule has 0 fully saturated rings. The zero-order valence-corrected chi connectivity index (χ0v) is 12.2. The highest BCUT2D eigenvalue weighted by atomic mass is 79.9. The number of rotatable bonds is 6. The number of aryl methyl sites for hydroxylation is 1. The van der Waals surface area contributed by atoms with Crippen molar-refractivity contribution in [2.24, 2.45) is 0 Å². The zero-order valence-electron chi connectivity index (χ0n) is 10.6. The highest BCUT2D eigenvalue weighted by Gasteiger charge is 2.08. The van der Waals surface area contributed by atoms with Crippen LogP contribution in [-0.2, 0) is 5.33 Å². The number of nitrogens with zero attached hydrogens (tertiary/aromatic N) is 1. The van der Waals surface area contributed by atoms with E-state index in [4.69, 9.17) is 0 Å². The van der Waals surface area contributed by atoms with E-state index in [1.807, 2.05) is 0 Å². The van der Waals surface area contributed by atoms with Crippen LogP contribution in [0.25, 0.3) is 0 Å². The Morgan fingerprint density at radius 2 is 2.00 bits per heavy atom. The summed E-state index contributed by atoms with van der Waals surface area (Å²) < 4.78 is 0. The number of unbranched alkanes of at least 4 members (excludes halogenated alkanes) is 1. The fraction of sp³-hybridized carbons (Fsp3) is 0.571. The molecule has 0 atom stereocenters. The van der Waals surface area contributed by atoms with Crippen LogP contribution < -0.4 is 4.90 Å². The first-order valence-corrected chi connectivity index (χ1v) is 7.25. The second-order valence-electron chi connectivity index (χ2n) is 4.20. The van der Waals surface area contributed by atoms with Crippen molar-refractivity contribution in [3.63, 3.8) is 0 Å². The Kier molecular flexibility index (Phi) is 5.89. The van der Waals surface area contributed by atoms with E-state index < -0.39 is 0 Å². The Morgan fingerprint density at radius 1 is 1.25 bits per heavy atom. The van der Waals surface area contributed by atoms with Gasteiger partial charge in [-0.25, -0.2) is 0 Å². The fourth-order valence-corrected chi connectivity index (χ4v) is 2.38. The minimum absolute atomic E-state index is 0.937. The highest BCUT2D eigenvalue weighted by molar-refractivity contribution is 9.08. The van der Waals surface area contributed by atoms with Crippen molar-refractivity contribution >= 4 is 21.6 Å². The van der Waals surface area contributed by atoms with Crippen molar-refractivity contribution in [2.75, 3.05) is 18.0 Å². The summed E-state index contributed by atoms with van der Waals surface area (Å²) in [6.45, 7) is 8.87. The van der Waals surface area contributed by atoms with Crippen LogP contribution >= 0.6 is 15.9 Å². The molecule has 0 aliphatic heterocycles. The number of anilines is 1. The Morgan fingerprint density at radius 3 is 2.56 bits per heavy atom. The van der Waals surface area contributed by atoms with E-state index >= 15 is 0 Å². The van der Waals surface area contributed by atoms with Crippen LogP contribution in [0.2, 0.25) is 0 Å². The van der Waals surface area contributed by atoms with Gasteiger partial charge in [-0.3, -0.25) is 0 Å². The van der Waals surface area contributed by atoms with Crippen LogP contribution in [0.3, 0.4) is 0 Å². The molecule has 0 aliphatic rings. The smallest absolute Gasteiger partial charge is 0.0407 e. The van der Waals surface area contributed by atoms with E-state index in [2.05, 4.69) is 59.8 Å². The summed E-state index contributed by atoms with van der Waals surface area (Å²) in [4.78, 5) is 2.47. The average Bonchev–Trinajstić information content (AvgIpc) is 2.31. The van der Waals surface area contributed by atoms with Gasteiger partial charge >= 0.3 is 0 Å². The molecular formula is C14H22BrN. The summed E-state index contributed by atoms with van der Waals surface area (Å²) in [7, 11) is 0. The summed E-state index contributed by atoms with van der Waals surface area (Å²) >= 11 is 3.58. The van der Waals surface area contributed by atoms with Crippen molar-refractivity contribution in [2.45, 2.75) is 38.9 Å². The van der Waals surface area contributed by atoms with Gasteiger partial charge in [-0.15, -0.1) is 0 Å². The molecule has 1 aromatic rings. The van der Waals surface area contributed by atoms with Gasteiger partial charge in [0.1, 0.15) is 0 Å². The second-order valence-corrected chi connectivity index (χ2v) is 4.76. The zero-order chi connectivity index (χ0) is 12.0. The van der Waals surface area contributed by atoms with E-state index in [0.29, 0.717) is 0 Å². The van der Waals surface area contributed by atoms with Gasteiger partial charge in [0.25, 0.3) is 0 Å². The number of hydrogen-bond donors (Lipinski definition) is 0. The molecule has 0 unspecified atom stereocenters. The van der Waals surface area contributed by atoms with Crippen LogP contribution in [0.5, 0.6) is 0 Å². The Hall–Kier alpha value is -0.500. The first-order chi connectivity index (χ1) is 7.72. The van der Waals surface area contributed by atoms with Crippen LogP contribution in [0.15, 0.2) is 18.2 Å². The Bertz CT molecular complexity index is 323. The Labute approximate surface area is 108 Å². The summed E-state index contributed by atoms with van der Waals surface area (Å²) in [5, 5.41) is 0.937. The molecule has 1 nitrogen and oxygen atoms in total. The minimum Gasteiger partial charge on any atom is -0.372 e. The van der Waals surface area contributed by atoms with Crippen LogP contribution in [-0.4, -0.2) is 13.1 Å². The molecule has 16 heavy (non-hydrogen) atoms. The maximum atomic E-state index is 3.58. The first kappa shape index (κ1) is 13.6. The highest BCUT2D eigenvalue weighted by Crippen LogP contribution is 2.24. The predicted octanol–water partition coefficient (Wildman–Crippen LogP) is 4.52. The number of hydrogen-bond acceptors (Lipinski definition) is 1. The van der Waals surface area contributed by atoms with Crippen LogP contribution in [0.4, 0.5) is 5.69 Å². The van der Waals surface area contributed by atoms with Gasteiger partial charge in [-0.1, -0.05) is 47.0 Å². The van der Waals surface area contributed by atoms with Crippen molar-refractivity contribution in [3.05, 3.63) is 29.3 Å². The normalized spacial score (nSPS) is 10.5. The van der Waals surface area contributed by atoms with E-state index in [1.54, 1.807) is 0 Å². The van der Waals surface area contributed by atoms with Crippen molar-refractivity contribution in [1.29, 1.82) is 0 Å². The van der Waals surface area contributed by atoms with Gasteiger partial charge in [0, 0.05) is 24.1 Å². The molecule has 1 aromatic carbocycles. The lowest BCUT2D eigenvalue weighted by Crippen LogP contribution is -2.24. The van der Waals surface area contributed by atoms with Gasteiger partial charge in [0.2, 0.25) is 0 Å². The molecule has 0 bridgehead atoms. The van der Waals surface area contributed by atoms with Gasteiger partial charge in [-0.05, 0) is 31.9 Å². The number of halogens is 1. The summed E-state index contributed by atoms with van der Waals surface area (Å²) in [6.07, 6.45) is 2.52. The standard InChI is InChI=1S/C14H22BrN/c1-4-6-9-16(5-2)14-8-7-12(3)10-13(14)11-15/h7-8,10H,4-6,9,11H2,1-3H3. The Balaban J connectivity index is 2.90. The first-order valence-electron chi connectivity index (χ1n) is 6.13. The topological polar surface area (TPSA) is 3.24 Å². The lowest BCUT2D eigenvalue weighted by atomic mass is 10.1. The summed E-state index contributed by atoms with van der Waals surface area (Å²) in [6, 6.07) is 6.74. The molecular weight excluding hydrogens is 262 g/mol. The molecule has 90 valence electrons. The summed E-state index contributed by atoms with van der Waals surface area (Å²) in [5.41, 5.74) is 4.13. The molecule has 0 radical (unpaired) electrons. The minimum atomic E-state index is 0.937. The van der Waals surface area contributed by atoms with Crippen molar-refractivity contribution < 1.29 is 0 Å². The molecule has 0 saturated carbocycles. The molecule has 0 saturated heterocycles. The van der Waals surface area contributed by atoms with E-state index in [0.717, 1.165) is 18.4 Å². The predicted molar refractivity (Wildman–Crippen MR) is 76.6 cm³/mol. The molecule has 0 spiro atoms. The quantitative estimate of drug-likeness (QED) is 0.694. The lowest BCUT2D eigenvalue weighted by Gasteiger charge is -2.25. The molecule has 0 N–H and O–H groups in total. The van der Waals surface area contributed by atoms with E-state index in [-0.39, 0.29) is 0 Å². The van der Waals surface area contributed by atoms with Gasteiger partial charge in [0.15, 0.2) is 0 Å².